The molecule has 1 aliphatic rings. The Balaban J connectivity index is 1.63. The Kier molecular flexibility index (Phi) is 8.66. The number of fused-ring (bicyclic) bond motifs is 1. The Labute approximate surface area is 286 Å². The zero-order chi connectivity index (χ0) is 35.0. The van der Waals surface area contributed by atoms with Gasteiger partial charge >= 0.3 is 5.69 Å². The monoisotopic (exact) mass is 674 g/mol. The van der Waals surface area contributed by atoms with E-state index in [-0.39, 0.29) is 17.8 Å². The number of aliphatic hydroxyl groups excluding tert-OH is 2. The first-order chi connectivity index (χ1) is 24.3. The minimum atomic E-state index is -1.09. The van der Waals surface area contributed by atoms with E-state index >= 15 is 0 Å². The molecule has 1 saturated heterocycles. The van der Waals surface area contributed by atoms with Gasteiger partial charge in [-0.05, 0) is 58.7 Å². The van der Waals surface area contributed by atoms with Crippen molar-refractivity contribution >= 4 is 16.7 Å². The molecule has 0 bridgehead atoms. The van der Waals surface area contributed by atoms with Gasteiger partial charge in [-0.15, -0.1) is 0 Å². The van der Waals surface area contributed by atoms with E-state index in [4.69, 9.17) is 14.2 Å². The molecule has 0 amide bonds. The van der Waals surface area contributed by atoms with Crippen LogP contribution in [-0.4, -0.2) is 62.7 Å². The lowest BCUT2D eigenvalue weighted by atomic mass is 9.64. The number of nitro groups is 1. The highest BCUT2D eigenvalue weighted by Gasteiger charge is 2.44. The highest BCUT2D eigenvalue weighted by molar-refractivity contribution is 5.92. The zero-order valence-electron chi connectivity index (χ0n) is 27.2. The van der Waals surface area contributed by atoms with E-state index in [1.165, 1.54) is 16.7 Å². The standard InChI is InChI=1S/C38H34N4O8/c1-48-28-16-10-25(11-17-28)38(24-6-4-3-5-7-24,26-12-18-29(49-2)19-13-26)34-30-21-41(33-20-31(44)32(22-43)50-33)37(45)40-36(30)39-35(34)23-8-14-27(15-9-23)42(46)47/h3-19,21,31-33,43-44H,20,22H2,1-2H3,(H,39,40,45)/t31-,32+,33+/m0/s1. The van der Waals surface area contributed by atoms with Crippen molar-refractivity contribution in [1.29, 1.82) is 0 Å². The van der Waals surface area contributed by atoms with Crippen LogP contribution in [0.3, 0.4) is 0 Å². The summed E-state index contributed by atoms with van der Waals surface area (Å²) in [6.07, 6.45) is -0.964. The number of aromatic amines is 1. The predicted octanol–water partition coefficient (Wildman–Crippen LogP) is 5.34. The number of nitro benzene ring substituents is 1. The van der Waals surface area contributed by atoms with Crippen LogP contribution in [-0.2, 0) is 10.2 Å². The first-order valence-electron chi connectivity index (χ1n) is 16.0. The molecule has 1 aliphatic heterocycles. The minimum absolute atomic E-state index is 0.0702. The molecule has 3 N–H and O–H groups in total. The lowest BCUT2D eigenvalue weighted by Gasteiger charge is -2.37. The quantitative estimate of drug-likeness (QED) is 0.0989. The van der Waals surface area contributed by atoms with Crippen LogP contribution in [0.2, 0.25) is 0 Å². The molecule has 3 atom stereocenters. The van der Waals surface area contributed by atoms with Crippen LogP contribution in [0.25, 0.3) is 22.3 Å². The fraction of sp³-hybridized carbons (Fsp3) is 0.211. The maximum Gasteiger partial charge on any atom is 0.351 e. The molecule has 254 valence electrons. The molecule has 0 saturated carbocycles. The number of methoxy groups -OCH3 is 2. The minimum Gasteiger partial charge on any atom is -0.497 e. The van der Waals surface area contributed by atoms with Gasteiger partial charge in [0.15, 0.2) is 0 Å². The van der Waals surface area contributed by atoms with Crippen LogP contribution < -0.4 is 15.2 Å². The van der Waals surface area contributed by atoms with Gasteiger partial charge in [0.25, 0.3) is 5.69 Å². The summed E-state index contributed by atoms with van der Waals surface area (Å²) in [6.45, 7) is -0.409. The molecule has 2 aromatic heterocycles. The lowest BCUT2D eigenvalue weighted by Crippen LogP contribution is -2.32. The Hall–Kier alpha value is -5.82. The first kappa shape index (κ1) is 32.7. The summed E-state index contributed by atoms with van der Waals surface area (Å²) in [5.41, 5.74) is 3.00. The van der Waals surface area contributed by atoms with Gasteiger partial charge in [-0.25, -0.2) is 4.79 Å². The predicted molar refractivity (Wildman–Crippen MR) is 185 cm³/mol. The number of hydrogen-bond acceptors (Lipinski definition) is 9. The van der Waals surface area contributed by atoms with Crippen LogP contribution in [0.5, 0.6) is 11.5 Å². The number of non-ortho nitro benzene ring substituents is 1. The number of nitrogens with zero attached hydrogens (tertiary/aromatic N) is 3. The number of H-pyrrole nitrogens is 1. The summed E-state index contributed by atoms with van der Waals surface area (Å²) in [5, 5.41) is 32.5. The van der Waals surface area contributed by atoms with Crippen LogP contribution in [0, 0.1) is 10.1 Å². The van der Waals surface area contributed by atoms with E-state index < -0.39 is 41.1 Å². The van der Waals surface area contributed by atoms with E-state index in [0.29, 0.717) is 33.7 Å². The second-order valence-electron chi connectivity index (χ2n) is 12.1. The third-order valence-electron chi connectivity index (χ3n) is 9.40. The molecule has 0 radical (unpaired) electrons. The van der Waals surface area contributed by atoms with Gasteiger partial charge in [-0.2, -0.15) is 4.98 Å². The van der Waals surface area contributed by atoms with Crippen molar-refractivity contribution in [1.82, 2.24) is 14.5 Å². The molecule has 0 aliphatic carbocycles. The molecule has 12 heteroatoms. The summed E-state index contributed by atoms with van der Waals surface area (Å²) in [5.74, 6) is 1.32. The Morgan fingerprint density at radius 3 is 2.02 bits per heavy atom. The molecule has 6 aromatic rings. The number of ether oxygens (including phenoxy) is 3. The van der Waals surface area contributed by atoms with Crippen molar-refractivity contribution in [3.63, 3.8) is 0 Å². The second kappa shape index (κ2) is 13.2. The van der Waals surface area contributed by atoms with Gasteiger partial charge in [0, 0.05) is 35.7 Å². The van der Waals surface area contributed by atoms with Crippen LogP contribution in [0.15, 0.2) is 114 Å². The highest BCUT2D eigenvalue weighted by Crippen LogP contribution is 2.51. The Bertz CT molecular complexity index is 2150. The van der Waals surface area contributed by atoms with Gasteiger partial charge < -0.3 is 29.4 Å². The van der Waals surface area contributed by atoms with Crippen LogP contribution in [0.4, 0.5) is 5.69 Å². The number of benzene rings is 4. The molecule has 0 spiro atoms. The third kappa shape index (κ3) is 5.49. The second-order valence-corrected chi connectivity index (χ2v) is 12.1. The average Bonchev–Trinajstić information content (AvgIpc) is 3.72. The van der Waals surface area contributed by atoms with Crippen molar-refractivity contribution in [2.24, 2.45) is 0 Å². The topological polar surface area (TPSA) is 162 Å². The van der Waals surface area contributed by atoms with Crippen molar-refractivity contribution < 1.29 is 29.3 Å². The Morgan fingerprint density at radius 2 is 1.50 bits per heavy atom. The summed E-state index contributed by atoms with van der Waals surface area (Å²) in [7, 11) is 3.20. The lowest BCUT2D eigenvalue weighted by molar-refractivity contribution is -0.384. The smallest absolute Gasteiger partial charge is 0.351 e. The fourth-order valence-corrected chi connectivity index (χ4v) is 6.98. The molecule has 12 nitrogen and oxygen atoms in total. The maximum atomic E-state index is 13.6. The number of aromatic nitrogens is 3. The first-order valence-corrected chi connectivity index (χ1v) is 16.0. The van der Waals surface area contributed by atoms with Crippen molar-refractivity contribution in [3.05, 3.63) is 152 Å². The molecule has 4 aromatic carbocycles. The molecule has 3 heterocycles. The van der Waals surface area contributed by atoms with E-state index in [1.54, 1.807) is 32.5 Å². The molecular formula is C38H34N4O8. The van der Waals surface area contributed by atoms with E-state index in [0.717, 1.165) is 16.7 Å². The third-order valence-corrected chi connectivity index (χ3v) is 9.40. The average molecular weight is 675 g/mol. The molecular weight excluding hydrogens is 640 g/mol. The molecule has 50 heavy (non-hydrogen) atoms. The van der Waals surface area contributed by atoms with Crippen LogP contribution >= 0.6 is 0 Å². The number of hydrogen-bond donors (Lipinski definition) is 3. The van der Waals surface area contributed by atoms with E-state index in [1.807, 2.05) is 78.9 Å². The van der Waals surface area contributed by atoms with Gasteiger partial charge in [-0.3, -0.25) is 14.7 Å². The normalized spacial score (nSPS) is 17.6. The maximum absolute atomic E-state index is 13.6. The molecule has 7 rings (SSSR count). The molecule has 0 unspecified atom stereocenters. The summed E-state index contributed by atoms with van der Waals surface area (Å²) >= 11 is 0. The van der Waals surface area contributed by atoms with E-state index in [9.17, 15) is 25.1 Å². The largest absolute Gasteiger partial charge is 0.497 e. The van der Waals surface area contributed by atoms with Gasteiger partial charge in [-0.1, -0.05) is 54.6 Å². The SMILES string of the molecule is COc1ccc(C(c2ccccc2)(c2ccc(OC)cc2)c2c(-c3ccc([N+](=O)[O-])cc3)[nH]c3nc(=O)n([C@H]4C[C@H](O)[C@@H](CO)O4)cc23)cc1. The van der Waals surface area contributed by atoms with Gasteiger partial charge in [0.05, 0.1) is 43.0 Å². The van der Waals surface area contributed by atoms with Gasteiger partial charge in [0.2, 0.25) is 0 Å². The summed E-state index contributed by atoms with van der Waals surface area (Å²) in [4.78, 5) is 32.7. The number of aliphatic hydroxyl groups is 2. The van der Waals surface area contributed by atoms with Crippen LogP contribution in [0.1, 0.15) is 34.9 Å². The summed E-state index contributed by atoms with van der Waals surface area (Å²) < 4.78 is 18.3. The van der Waals surface area contributed by atoms with Gasteiger partial charge in [0.1, 0.15) is 29.5 Å². The number of nitrogens with one attached hydrogen (secondary N) is 1. The van der Waals surface area contributed by atoms with E-state index in [2.05, 4.69) is 9.97 Å². The zero-order valence-corrected chi connectivity index (χ0v) is 27.2. The number of rotatable bonds is 10. The summed E-state index contributed by atoms with van der Waals surface area (Å²) in [6, 6.07) is 31.6. The fourth-order valence-electron chi connectivity index (χ4n) is 6.98. The van der Waals surface area contributed by atoms with Crippen molar-refractivity contribution in [2.75, 3.05) is 20.8 Å². The molecule has 1 fully saturated rings. The highest BCUT2D eigenvalue weighted by atomic mass is 16.6. The van der Waals surface area contributed by atoms with Crippen molar-refractivity contribution in [3.8, 4) is 22.8 Å². The Morgan fingerprint density at radius 1 is 0.920 bits per heavy atom. The van der Waals surface area contributed by atoms with Crippen molar-refractivity contribution in [2.45, 2.75) is 30.3 Å².